The minimum atomic E-state index is -4.25. The largest absolute Gasteiger partial charge is 1.00 e. The summed E-state index contributed by atoms with van der Waals surface area (Å²) in [5.74, 6) is -5.00. The number of hydrogen-bond acceptors (Lipinski definition) is 11. The zero-order valence-electron chi connectivity index (χ0n) is 40.3. The van der Waals surface area contributed by atoms with Crippen molar-refractivity contribution in [2.45, 2.75) is 12.2 Å². The molecule has 374 valence electrons. The first kappa shape index (κ1) is 64.6. The molecule has 7 aromatic carbocycles. The zero-order valence-corrected chi connectivity index (χ0v) is 57.5. The van der Waals surface area contributed by atoms with Gasteiger partial charge in [-0.1, -0.05) is 83.9 Å². The molecule has 0 aliphatic carbocycles. The molecule has 0 spiro atoms. The van der Waals surface area contributed by atoms with Gasteiger partial charge < -0.3 is 25.9 Å². The van der Waals surface area contributed by atoms with Gasteiger partial charge in [0, 0.05) is 67.5 Å². The molecule has 0 aliphatic rings. The Labute approximate surface area is 573 Å². The third kappa shape index (κ3) is 19.5. The molecular formula is C53H36Br2Cl2Cs2F4N3O8P. The van der Waals surface area contributed by atoms with Crippen LogP contribution in [0.25, 0.3) is 21.8 Å². The second kappa shape index (κ2) is 32.3. The summed E-state index contributed by atoms with van der Waals surface area (Å²) in [5, 5.41) is 12.7. The Morgan fingerprint density at radius 3 is 1.65 bits per heavy atom. The van der Waals surface area contributed by atoms with E-state index < -0.39 is 42.4 Å². The SMILES string of the molecule is O=C(Cc1ccc2ncc(Br)cc2c1)c1cc(Cl)c(F)cc1F.O=CO[O-].O=Cc1ccc2ncc(Br)cc2c1.O=P(Oc1ccccc1)(Oc1ccccc1)C(Nc1ccccc1)c1cc(Cl)c(F)cc1F.[Cs+].[Cs+].[H-]. The second-order valence-corrected chi connectivity index (χ2v) is 19.6. The maximum absolute atomic E-state index is 15.0. The Kier molecular flexibility index (Phi) is 27.8. The Balaban J connectivity index is 0.000000307. The fourth-order valence-corrected chi connectivity index (χ4v) is 9.58. The number of benzene rings is 7. The maximum Gasteiger partial charge on any atom is 1.00 e. The van der Waals surface area contributed by atoms with Crippen LogP contribution >= 0.6 is 62.7 Å². The quantitative estimate of drug-likeness (QED) is 0.0224. The number of carbonyl (C=O) groups is 3. The molecule has 0 fully saturated rings. The summed E-state index contributed by atoms with van der Waals surface area (Å²) in [6.07, 6.45) is 4.24. The number of fused-ring (bicyclic) bond motifs is 2. The van der Waals surface area contributed by atoms with Crippen LogP contribution in [0.1, 0.15) is 39.1 Å². The van der Waals surface area contributed by atoms with Crippen molar-refractivity contribution in [1.82, 2.24) is 9.97 Å². The molecule has 0 saturated heterocycles. The maximum atomic E-state index is 15.0. The number of nitrogens with one attached hydrogen (secondary N) is 1. The minimum Gasteiger partial charge on any atom is -1.00 e. The van der Waals surface area contributed by atoms with Crippen LogP contribution in [0.15, 0.2) is 185 Å². The molecule has 0 radical (unpaired) electrons. The zero-order chi connectivity index (χ0) is 52.5. The average molecular weight is 1450 g/mol. The van der Waals surface area contributed by atoms with E-state index in [1.54, 1.807) is 122 Å². The van der Waals surface area contributed by atoms with E-state index in [-0.39, 0.29) is 185 Å². The van der Waals surface area contributed by atoms with Crippen molar-refractivity contribution in [3.63, 3.8) is 0 Å². The Morgan fingerprint density at radius 1 is 0.653 bits per heavy atom. The number of halogens is 8. The number of carbonyl (C=O) groups excluding carboxylic acids is 3. The second-order valence-electron chi connectivity index (χ2n) is 15.0. The number of rotatable bonds is 13. The summed E-state index contributed by atoms with van der Waals surface area (Å²) >= 11 is 18.3. The van der Waals surface area contributed by atoms with E-state index >= 15 is 4.39 Å². The van der Waals surface area contributed by atoms with Crippen LogP contribution < -0.4 is 157 Å². The molecule has 1 N–H and O–H groups in total. The van der Waals surface area contributed by atoms with Crippen LogP contribution in [0, 0.1) is 23.3 Å². The Hall–Kier alpha value is -2.88. The van der Waals surface area contributed by atoms with E-state index in [1.807, 2.05) is 30.3 Å². The van der Waals surface area contributed by atoms with E-state index in [0.717, 1.165) is 49.2 Å². The predicted octanol–water partition coefficient (Wildman–Crippen LogP) is 8.80. The number of hydrogen-bond donors (Lipinski definition) is 1. The van der Waals surface area contributed by atoms with Gasteiger partial charge in [0.2, 0.25) is 0 Å². The Morgan fingerprint density at radius 2 is 1.13 bits per heavy atom. The van der Waals surface area contributed by atoms with E-state index in [2.05, 4.69) is 52.0 Å². The van der Waals surface area contributed by atoms with Crippen LogP contribution in [-0.4, -0.2) is 28.5 Å². The van der Waals surface area contributed by atoms with E-state index in [0.29, 0.717) is 28.9 Å². The first-order valence-electron chi connectivity index (χ1n) is 21.1. The molecule has 9 rings (SSSR count). The van der Waals surface area contributed by atoms with Crippen molar-refractivity contribution in [1.29, 1.82) is 0 Å². The number of aromatic nitrogens is 2. The van der Waals surface area contributed by atoms with Crippen molar-refractivity contribution in [3.8, 4) is 11.5 Å². The molecule has 1 unspecified atom stereocenters. The molecule has 0 saturated carbocycles. The van der Waals surface area contributed by atoms with Gasteiger partial charge in [-0.05, 0) is 128 Å². The van der Waals surface area contributed by atoms with Crippen molar-refractivity contribution in [2.24, 2.45) is 0 Å². The molecule has 0 amide bonds. The molecular weight excluding hydrogens is 1410 g/mol. The Bertz CT molecular complexity index is 3390. The molecule has 22 heteroatoms. The average Bonchev–Trinajstić information content (AvgIpc) is 3.38. The number of pyridine rings is 2. The standard InChI is InChI=1S/C25H19ClF2NO3P.C17H9BrClF2NO.C10H6BrNO.CH2O3.2Cs.H/c26-22-16-21(23(27)17-24(22)28)25(29-18-10-4-1-5-11-18)33(30,31-19-12-6-2-7-13-19)32-20-14-8-3-9-15-20;18-11-5-10-3-9(1-2-16(10)22-8-11)4-17(23)12-6-13(19)15(21)7-14(12)20;11-9-4-8-3-7(6-13)1-2-10(8)12-5-9;2-1-4-3;;;/h1-17,25,29H;1-3,5-8H,4H2;1-6H;1,3H;;;/q;;;;2*+1;-1/p-1. The van der Waals surface area contributed by atoms with Gasteiger partial charge in [0.1, 0.15) is 41.1 Å². The van der Waals surface area contributed by atoms with Gasteiger partial charge in [-0.2, -0.15) is 0 Å². The fraction of sp³-hybridized carbons (Fsp3) is 0.0377. The van der Waals surface area contributed by atoms with Crippen LogP contribution in [0.3, 0.4) is 0 Å². The van der Waals surface area contributed by atoms with Gasteiger partial charge in [0.15, 0.2) is 11.6 Å². The van der Waals surface area contributed by atoms with Gasteiger partial charge in [-0.25, -0.2) is 22.1 Å². The van der Waals surface area contributed by atoms with Crippen molar-refractivity contribution in [3.05, 3.63) is 241 Å². The van der Waals surface area contributed by atoms with Crippen molar-refractivity contribution < 1.29 is 195 Å². The van der Waals surface area contributed by atoms with E-state index in [4.69, 9.17) is 42.3 Å². The van der Waals surface area contributed by atoms with Crippen molar-refractivity contribution in [2.75, 3.05) is 5.32 Å². The molecule has 2 aromatic heterocycles. The number of anilines is 1. The fourth-order valence-electron chi connectivity index (χ4n) is 6.63. The first-order valence-corrected chi connectivity index (χ1v) is 25.0. The first-order chi connectivity index (χ1) is 35.1. The van der Waals surface area contributed by atoms with Crippen molar-refractivity contribution >= 4 is 109 Å². The van der Waals surface area contributed by atoms with Crippen LogP contribution in [0.4, 0.5) is 23.2 Å². The summed E-state index contributed by atoms with van der Waals surface area (Å²) in [6, 6.07) is 43.5. The topological polar surface area (TPSA) is 157 Å². The minimum absolute atomic E-state index is 0. The summed E-state index contributed by atoms with van der Waals surface area (Å²) in [5.41, 5.74) is 3.21. The van der Waals surface area contributed by atoms with Crippen LogP contribution in [-0.2, 0) is 20.7 Å². The molecule has 1 atom stereocenters. The van der Waals surface area contributed by atoms with Gasteiger partial charge >= 0.3 is 145 Å². The molecule has 0 aliphatic heterocycles. The van der Waals surface area contributed by atoms with E-state index in [9.17, 15) is 27.3 Å². The van der Waals surface area contributed by atoms with Crippen LogP contribution in [0.5, 0.6) is 11.5 Å². The number of aldehydes is 1. The van der Waals surface area contributed by atoms with Gasteiger partial charge in [0.25, 0.3) is 6.47 Å². The number of nitrogens with zero attached hydrogens (tertiary/aromatic N) is 2. The monoisotopic (exact) mass is 1440 g/mol. The van der Waals surface area contributed by atoms with Crippen LogP contribution in [0.2, 0.25) is 10.0 Å². The van der Waals surface area contributed by atoms with E-state index in [1.165, 1.54) is 0 Å². The molecule has 2 heterocycles. The summed E-state index contributed by atoms with van der Waals surface area (Å²) in [6.45, 7) is -0.181. The summed E-state index contributed by atoms with van der Waals surface area (Å²) in [4.78, 5) is 42.4. The van der Waals surface area contributed by atoms with Gasteiger partial charge in [-0.3, -0.25) is 24.4 Å². The summed E-state index contributed by atoms with van der Waals surface area (Å²) < 4.78 is 83.8. The molecule has 75 heavy (non-hydrogen) atoms. The number of Topliss-reactive ketones (excluding diaryl/α,β-unsaturated/α-hetero) is 1. The molecule has 9 aromatic rings. The predicted molar refractivity (Wildman–Crippen MR) is 278 cm³/mol. The number of ketones is 1. The number of para-hydroxylation sites is 3. The molecule has 11 nitrogen and oxygen atoms in total. The third-order valence-corrected chi connectivity index (χ3v) is 13.3. The van der Waals surface area contributed by atoms with Gasteiger partial charge in [0.05, 0.1) is 26.6 Å². The third-order valence-electron chi connectivity index (χ3n) is 9.91. The van der Waals surface area contributed by atoms with Gasteiger partial charge in [-0.15, -0.1) is 0 Å². The molecule has 0 bridgehead atoms. The smallest absolute Gasteiger partial charge is 1.00 e. The summed E-state index contributed by atoms with van der Waals surface area (Å²) in [7, 11) is -4.25. The normalized spacial score (nSPS) is 10.7.